The summed E-state index contributed by atoms with van der Waals surface area (Å²) in [5.74, 6) is 0.435. The van der Waals surface area contributed by atoms with E-state index in [1.807, 2.05) is 4.90 Å². The molecule has 2 N–H and O–H groups in total. The Hall–Kier alpha value is -0.820. The van der Waals surface area contributed by atoms with Gasteiger partial charge in [-0.2, -0.15) is 0 Å². The summed E-state index contributed by atoms with van der Waals surface area (Å²) in [6, 6.07) is 0. The first kappa shape index (κ1) is 22.2. The monoisotopic (exact) mass is 366 g/mol. The number of nitrogens with one attached hydrogen (secondary N) is 2. The number of piperazine rings is 1. The molecule has 0 aliphatic carbocycles. The van der Waals surface area contributed by atoms with Gasteiger partial charge in [-0.3, -0.25) is 14.5 Å². The van der Waals surface area contributed by atoms with Gasteiger partial charge in [-0.05, 0) is 19.4 Å². The van der Waals surface area contributed by atoms with Gasteiger partial charge in [0.15, 0.2) is 0 Å². The molecule has 0 radical (unpaired) electrons. The number of hydrogen-bond donors (Lipinski definition) is 2. The lowest BCUT2D eigenvalue weighted by Crippen LogP contribution is -2.53. The predicted molar refractivity (Wildman–Crippen MR) is 96.3 cm³/mol. The second kappa shape index (κ2) is 11.7. The van der Waals surface area contributed by atoms with E-state index in [4.69, 9.17) is 0 Å². The largest absolute Gasteiger partial charge is 0.352 e. The number of amides is 2. The van der Waals surface area contributed by atoms with Crippen LogP contribution < -0.4 is 10.6 Å². The Morgan fingerprint density at radius 2 is 1.91 bits per heavy atom. The summed E-state index contributed by atoms with van der Waals surface area (Å²) in [5.41, 5.74) is 0. The first-order valence-electron chi connectivity index (χ1n) is 7.80. The van der Waals surface area contributed by atoms with E-state index in [-0.39, 0.29) is 42.5 Å². The Labute approximate surface area is 150 Å². The maximum Gasteiger partial charge on any atom is 0.234 e. The highest BCUT2D eigenvalue weighted by molar-refractivity contribution is 5.85. The molecule has 1 atom stereocenters. The van der Waals surface area contributed by atoms with Crippen molar-refractivity contribution >= 4 is 36.6 Å². The highest BCUT2D eigenvalue weighted by Gasteiger charge is 2.28. The van der Waals surface area contributed by atoms with Gasteiger partial charge >= 0.3 is 0 Å². The van der Waals surface area contributed by atoms with Crippen LogP contribution in [-0.2, 0) is 9.59 Å². The summed E-state index contributed by atoms with van der Waals surface area (Å²) in [7, 11) is 0. The van der Waals surface area contributed by atoms with Crippen molar-refractivity contribution in [1.82, 2.24) is 20.4 Å². The van der Waals surface area contributed by atoms with Gasteiger partial charge in [0.1, 0.15) is 0 Å². The topological polar surface area (TPSA) is 64.7 Å². The third-order valence-electron chi connectivity index (χ3n) is 4.14. The van der Waals surface area contributed by atoms with Gasteiger partial charge < -0.3 is 15.5 Å². The van der Waals surface area contributed by atoms with Crippen LogP contribution in [0.3, 0.4) is 0 Å². The molecule has 6 nitrogen and oxygen atoms in total. The van der Waals surface area contributed by atoms with Crippen molar-refractivity contribution in [2.24, 2.45) is 5.92 Å². The van der Waals surface area contributed by atoms with Crippen molar-refractivity contribution in [3.05, 3.63) is 12.7 Å². The molecule has 2 saturated heterocycles. The minimum Gasteiger partial charge on any atom is -0.352 e. The van der Waals surface area contributed by atoms with E-state index in [1.165, 1.54) is 0 Å². The zero-order valence-corrected chi connectivity index (χ0v) is 15.1. The normalized spacial score (nSPS) is 21.6. The van der Waals surface area contributed by atoms with Gasteiger partial charge in [-0.15, -0.1) is 31.4 Å². The molecule has 0 spiro atoms. The fraction of sp³-hybridized carbons (Fsp3) is 0.733. The maximum absolute atomic E-state index is 12.4. The smallest absolute Gasteiger partial charge is 0.234 e. The molecule has 2 aliphatic heterocycles. The first-order chi connectivity index (χ1) is 10.2. The zero-order chi connectivity index (χ0) is 15.1. The first-order valence-corrected chi connectivity index (χ1v) is 7.80. The predicted octanol–water partition coefficient (Wildman–Crippen LogP) is 0.276. The molecule has 2 fully saturated rings. The maximum atomic E-state index is 12.4. The Morgan fingerprint density at radius 1 is 1.22 bits per heavy atom. The number of hydrogen-bond acceptors (Lipinski definition) is 4. The number of nitrogens with zero attached hydrogens (tertiary/aromatic N) is 2. The molecule has 0 unspecified atom stereocenters. The van der Waals surface area contributed by atoms with E-state index in [0.29, 0.717) is 13.1 Å². The molecule has 0 aromatic carbocycles. The Morgan fingerprint density at radius 3 is 2.48 bits per heavy atom. The molecular formula is C15H28Cl2N4O2. The van der Waals surface area contributed by atoms with Gasteiger partial charge in [-0.25, -0.2) is 0 Å². The molecule has 2 rings (SSSR count). The molecule has 23 heavy (non-hydrogen) atoms. The van der Waals surface area contributed by atoms with E-state index in [0.717, 1.165) is 52.1 Å². The number of piperidine rings is 1. The van der Waals surface area contributed by atoms with E-state index in [1.54, 1.807) is 6.08 Å². The molecule has 2 aliphatic rings. The van der Waals surface area contributed by atoms with Crippen LogP contribution in [-0.4, -0.2) is 74.0 Å². The Balaban J connectivity index is 0.00000242. The molecule has 2 heterocycles. The average Bonchev–Trinajstić information content (AvgIpc) is 2.54. The zero-order valence-electron chi connectivity index (χ0n) is 13.5. The van der Waals surface area contributed by atoms with Gasteiger partial charge in [0, 0.05) is 39.3 Å². The summed E-state index contributed by atoms with van der Waals surface area (Å²) >= 11 is 0. The van der Waals surface area contributed by atoms with Crippen LogP contribution in [0.4, 0.5) is 0 Å². The van der Waals surface area contributed by atoms with Crippen molar-refractivity contribution in [3.63, 3.8) is 0 Å². The van der Waals surface area contributed by atoms with Crippen LogP contribution >= 0.6 is 24.8 Å². The van der Waals surface area contributed by atoms with Crippen molar-refractivity contribution in [2.75, 3.05) is 52.4 Å². The summed E-state index contributed by atoms with van der Waals surface area (Å²) in [4.78, 5) is 28.1. The lowest BCUT2D eigenvalue weighted by Gasteiger charge is -2.36. The molecule has 0 aromatic rings. The molecular weight excluding hydrogens is 339 g/mol. The number of halogens is 2. The van der Waals surface area contributed by atoms with Crippen LogP contribution in [0.1, 0.15) is 12.8 Å². The second-order valence-corrected chi connectivity index (χ2v) is 5.74. The lowest BCUT2D eigenvalue weighted by atomic mass is 9.98. The minimum absolute atomic E-state index is 0. The summed E-state index contributed by atoms with van der Waals surface area (Å²) < 4.78 is 0. The van der Waals surface area contributed by atoms with Crippen LogP contribution in [0.25, 0.3) is 0 Å². The highest BCUT2D eigenvalue weighted by Crippen LogP contribution is 2.14. The molecule has 2 amide bonds. The van der Waals surface area contributed by atoms with Gasteiger partial charge in [-0.1, -0.05) is 6.08 Å². The second-order valence-electron chi connectivity index (χ2n) is 5.74. The molecule has 8 heteroatoms. The summed E-state index contributed by atoms with van der Waals surface area (Å²) in [6.45, 7) is 9.31. The standard InChI is InChI=1S/C15H26N4O2.2ClH/c1-2-5-17-14(20)12-18-7-9-19(10-8-18)15(21)13-4-3-6-16-11-13;;/h2,13,16H,1,3-12H2,(H,17,20);2*1H/t13-;;/m1../s1. The molecule has 0 saturated carbocycles. The number of carbonyl (C=O) groups is 2. The summed E-state index contributed by atoms with van der Waals surface area (Å²) in [5, 5.41) is 6.07. The minimum atomic E-state index is 0. The van der Waals surface area contributed by atoms with E-state index in [2.05, 4.69) is 22.1 Å². The fourth-order valence-corrected chi connectivity index (χ4v) is 2.89. The van der Waals surface area contributed by atoms with E-state index < -0.39 is 0 Å². The molecule has 0 bridgehead atoms. The molecule has 0 aromatic heterocycles. The third-order valence-corrected chi connectivity index (χ3v) is 4.14. The SMILES string of the molecule is C=CCNC(=O)CN1CCN(C(=O)[C@@H]2CCCNC2)CC1.Cl.Cl. The average molecular weight is 367 g/mol. The van der Waals surface area contributed by atoms with Gasteiger partial charge in [0.2, 0.25) is 11.8 Å². The van der Waals surface area contributed by atoms with Crippen LogP contribution in [0.15, 0.2) is 12.7 Å². The van der Waals surface area contributed by atoms with Crippen molar-refractivity contribution in [2.45, 2.75) is 12.8 Å². The van der Waals surface area contributed by atoms with E-state index in [9.17, 15) is 9.59 Å². The lowest BCUT2D eigenvalue weighted by molar-refractivity contribution is -0.138. The van der Waals surface area contributed by atoms with Gasteiger partial charge in [0.05, 0.1) is 12.5 Å². The Bertz CT molecular complexity index is 382. The van der Waals surface area contributed by atoms with E-state index >= 15 is 0 Å². The number of carbonyl (C=O) groups excluding carboxylic acids is 2. The molecule has 134 valence electrons. The van der Waals surface area contributed by atoms with Gasteiger partial charge in [0.25, 0.3) is 0 Å². The Kier molecular flexibility index (Phi) is 11.3. The third kappa shape index (κ3) is 7.08. The number of rotatable bonds is 5. The summed E-state index contributed by atoms with van der Waals surface area (Å²) in [6.07, 6.45) is 3.75. The van der Waals surface area contributed by atoms with Crippen LogP contribution in [0.5, 0.6) is 0 Å². The van der Waals surface area contributed by atoms with Crippen molar-refractivity contribution < 1.29 is 9.59 Å². The van der Waals surface area contributed by atoms with Crippen LogP contribution in [0.2, 0.25) is 0 Å². The fourth-order valence-electron chi connectivity index (χ4n) is 2.89. The van der Waals surface area contributed by atoms with Crippen molar-refractivity contribution in [1.29, 1.82) is 0 Å². The van der Waals surface area contributed by atoms with Crippen LogP contribution in [0, 0.1) is 5.92 Å². The quantitative estimate of drug-likeness (QED) is 0.685. The van der Waals surface area contributed by atoms with Crippen molar-refractivity contribution in [3.8, 4) is 0 Å². The highest BCUT2D eigenvalue weighted by atomic mass is 35.5.